The highest BCUT2D eigenvalue weighted by molar-refractivity contribution is 7.99. The van der Waals surface area contributed by atoms with E-state index in [0.29, 0.717) is 16.4 Å². The second-order valence-electron chi connectivity index (χ2n) is 4.25. The summed E-state index contributed by atoms with van der Waals surface area (Å²) in [4.78, 5) is 12.0. The summed E-state index contributed by atoms with van der Waals surface area (Å²) in [5.41, 5.74) is 0.913. The highest BCUT2D eigenvalue weighted by atomic mass is 32.2. The van der Waals surface area contributed by atoms with Crippen molar-refractivity contribution < 1.29 is 13.2 Å². The standard InChI is InChI=1S/C11H13N5O3S2/c1-16-11(12-14-15-16)20-7-10(17)8-3-5-9(6-4-8)13-21(2,18)19/h3-6,13H,7H2,1-2H3. The number of sulfonamides is 1. The van der Waals surface area contributed by atoms with Crippen LogP contribution in [-0.2, 0) is 17.1 Å². The Labute approximate surface area is 126 Å². The summed E-state index contributed by atoms with van der Waals surface area (Å²) in [6.45, 7) is 0. The number of ketones is 1. The van der Waals surface area contributed by atoms with Gasteiger partial charge < -0.3 is 0 Å². The fraction of sp³-hybridized carbons (Fsp3) is 0.273. The third-order valence-electron chi connectivity index (χ3n) is 2.42. The molecule has 0 unspecified atom stereocenters. The minimum Gasteiger partial charge on any atom is -0.293 e. The zero-order valence-corrected chi connectivity index (χ0v) is 13.0. The van der Waals surface area contributed by atoms with Crippen LogP contribution < -0.4 is 4.72 Å². The Morgan fingerprint density at radius 3 is 2.52 bits per heavy atom. The molecule has 0 atom stereocenters. The predicted molar refractivity (Wildman–Crippen MR) is 78.8 cm³/mol. The van der Waals surface area contributed by atoms with Crippen LogP contribution in [0.15, 0.2) is 29.4 Å². The fourth-order valence-corrected chi connectivity index (χ4v) is 2.80. The first kappa shape index (κ1) is 15.4. The predicted octanol–water partition coefficient (Wildman–Crippen LogP) is 0.557. The molecule has 0 aliphatic carbocycles. The SMILES string of the molecule is Cn1nnnc1SCC(=O)c1ccc(NS(C)(=O)=O)cc1. The van der Waals surface area contributed by atoms with E-state index in [9.17, 15) is 13.2 Å². The summed E-state index contributed by atoms with van der Waals surface area (Å²) >= 11 is 1.24. The zero-order chi connectivity index (χ0) is 15.5. The molecule has 0 amide bonds. The molecule has 21 heavy (non-hydrogen) atoms. The van der Waals surface area contributed by atoms with Crippen molar-refractivity contribution in [2.24, 2.45) is 7.05 Å². The van der Waals surface area contributed by atoms with Crippen LogP contribution >= 0.6 is 11.8 Å². The van der Waals surface area contributed by atoms with Crippen LogP contribution in [0.25, 0.3) is 0 Å². The number of carbonyl (C=O) groups is 1. The maximum atomic E-state index is 12.0. The van der Waals surface area contributed by atoms with Gasteiger partial charge in [0.2, 0.25) is 15.2 Å². The molecular weight excluding hydrogens is 314 g/mol. The highest BCUT2D eigenvalue weighted by Crippen LogP contribution is 2.16. The molecule has 0 radical (unpaired) electrons. The molecule has 8 nitrogen and oxygen atoms in total. The van der Waals surface area contributed by atoms with Crippen LogP contribution in [0, 0.1) is 0 Å². The highest BCUT2D eigenvalue weighted by Gasteiger charge is 2.10. The van der Waals surface area contributed by atoms with Crippen LogP contribution in [0.5, 0.6) is 0 Å². The first-order valence-electron chi connectivity index (χ1n) is 5.81. The van der Waals surface area contributed by atoms with Gasteiger partial charge in [0, 0.05) is 18.3 Å². The smallest absolute Gasteiger partial charge is 0.229 e. The van der Waals surface area contributed by atoms with Crippen molar-refractivity contribution in [1.29, 1.82) is 0 Å². The molecular formula is C11H13N5O3S2. The van der Waals surface area contributed by atoms with Gasteiger partial charge >= 0.3 is 0 Å². The normalized spacial score (nSPS) is 11.3. The number of aromatic nitrogens is 4. The molecule has 1 aromatic heterocycles. The lowest BCUT2D eigenvalue weighted by Gasteiger charge is -2.05. The number of anilines is 1. The number of Topliss-reactive ketones (excluding diaryl/α,β-unsaturated/α-hetero) is 1. The van der Waals surface area contributed by atoms with Gasteiger partial charge in [-0.1, -0.05) is 11.8 Å². The number of rotatable bonds is 6. The molecule has 1 heterocycles. The van der Waals surface area contributed by atoms with E-state index in [4.69, 9.17) is 0 Å². The molecule has 0 aliphatic rings. The summed E-state index contributed by atoms with van der Waals surface area (Å²) < 4.78 is 26.0. The number of nitrogens with one attached hydrogen (secondary N) is 1. The van der Waals surface area contributed by atoms with Crippen molar-refractivity contribution in [2.75, 3.05) is 16.7 Å². The van der Waals surface area contributed by atoms with Crippen molar-refractivity contribution >= 4 is 33.3 Å². The number of aryl methyl sites for hydroxylation is 1. The molecule has 2 rings (SSSR count). The van der Waals surface area contributed by atoms with E-state index in [2.05, 4.69) is 20.2 Å². The number of nitrogens with zero attached hydrogens (tertiary/aromatic N) is 4. The Balaban J connectivity index is 1.98. The maximum absolute atomic E-state index is 12.0. The third-order valence-corrected chi connectivity index (χ3v) is 4.04. The summed E-state index contributed by atoms with van der Waals surface area (Å²) in [7, 11) is -1.63. The number of hydrogen-bond donors (Lipinski definition) is 1. The molecule has 0 saturated heterocycles. The summed E-state index contributed by atoms with van der Waals surface area (Å²) in [5.74, 6) is 0.112. The first-order valence-corrected chi connectivity index (χ1v) is 8.69. The minimum absolute atomic E-state index is 0.0890. The van der Waals surface area contributed by atoms with Crippen LogP contribution in [0.2, 0.25) is 0 Å². The summed E-state index contributed by atoms with van der Waals surface area (Å²) in [5, 5.41) is 11.5. The van der Waals surface area contributed by atoms with Gasteiger partial charge in [0.1, 0.15) is 0 Å². The molecule has 10 heteroatoms. The number of benzene rings is 1. The Hall–Kier alpha value is -1.94. The van der Waals surface area contributed by atoms with Crippen molar-refractivity contribution in [3.8, 4) is 0 Å². The molecule has 1 aromatic carbocycles. The second kappa shape index (κ2) is 6.22. The first-order chi connectivity index (χ1) is 9.85. The van der Waals surface area contributed by atoms with Gasteiger partial charge in [-0.3, -0.25) is 9.52 Å². The van der Waals surface area contributed by atoms with Gasteiger partial charge in [0.15, 0.2) is 5.78 Å². The van der Waals surface area contributed by atoms with E-state index < -0.39 is 10.0 Å². The van der Waals surface area contributed by atoms with E-state index in [0.717, 1.165) is 6.26 Å². The van der Waals surface area contributed by atoms with Gasteiger partial charge in [-0.2, -0.15) is 0 Å². The molecule has 1 N–H and O–H groups in total. The monoisotopic (exact) mass is 327 g/mol. The molecule has 0 aliphatic heterocycles. The Kier molecular flexibility index (Phi) is 4.58. The number of hydrogen-bond acceptors (Lipinski definition) is 7. The molecule has 0 spiro atoms. The fourth-order valence-electron chi connectivity index (χ4n) is 1.50. The van der Waals surface area contributed by atoms with Crippen LogP contribution in [0.3, 0.4) is 0 Å². The van der Waals surface area contributed by atoms with Gasteiger partial charge in [0.05, 0.1) is 12.0 Å². The van der Waals surface area contributed by atoms with Crippen LogP contribution in [0.4, 0.5) is 5.69 Å². The van der Waals surface area contributed by atoms with Crippen molar-refractivity contribution in [3.05, 3.63) is 29.8 Å². The van der Waals surface area contributed by atoms with Gasteiger partial charge in [-0.25, -0.2) is 13.1 Å². The van der Waals surface area contributed by atoms with Crippen molar-refractivity contribution in [1.82, 2.24) is 20.2 Å². The van der Waals surface area contributed by atoms with Gasteiger partial charge in [-0.05, 0) is 34.7 Å². The molecule has 0 fully saturated rings. The Morgan fingerprint density at radius 1 is 1.33 bits per heavy atom. The number of thioether (sulfide) groups is 1. The van der Waals surface area contributed by atoms with E-state index >= 15 is 0 Å². The van der Waals surface area contributed by atoms with Crippen molar-refractivity contribution in [2.45, 2.75) is 5.16 Å². The van der Waals surface area contributed by atoms with Crippen LogP contribution in [0.1, 0.15) is 10.4 Å². The average molecular weight is 327 g/mol. The van der Waals surface area contributed by atoms with Gasteiger partial charge in [-0.15, -0.1) is 5.10 Å². The quantitative estimate of drug-likeness (QED) is 0.610. The zero-order valence-electron chi connectivity index (χ0n) is 11.3. The Bertz CT molecular complexity index is 739. The average Bonchev–Trinajstić information content (AvgIpc) is 2.80. The van der Waals surface area contributed by atoms with Crippen molar-refractivity contribution in [3.63, 3.8) is 0 Å². The molecule has 112 valence electrons. The molecule has 2 aromatic rings. The van der Waals surface area contributed by atoms with E-state index in [1.807, 2.05) is 0 Å². The summed E-state index contributed by atoms with van der Waals surface area (Å²) in [6, 6.07) is 6.24. The number of carbonyl (C=O) groups excluding carboxylic acids is 1. The third kappa shape index (κ3) is 4.53. The molecule has 0 bridgehead atoms. The van der Waals surface area contributed by atoms with Crippen LogP contribution in [-0.4, -0.2) is 46.4 Å². The maximum Gasteiger partial charge on any atom is 0.229 e. The van der Waals surface area contributed by atoms with E-state index in [1.165, 1.54) is 16.4 Å². The lowest BCUT2D eigenvalue weighted by Crippen LogP contribution is -2.10. The molecule has 0 saturated carbocycles. The van der Waals surface area contributed by atoms with Gasteiger partial charge in [0.25, 0.3) is 0 Å². The van der Waals surface area contributed by atoms with E-state index in [1.54, 1.807) is 31.3 Å². The summed E-state index contributed by atoms with van der Waals surface area (Å²) in [6.07, 6.45) is 1.07. The minimum atomic E-state index is -3.32. The lowest BCUT2D eigenvalue weighted by atomic mass is 10.1. The Morgan fingerprint density at radius 2 is 2.00 bits per heavy atom. The topological polar surface area (TPSA) is 107 Å². The second-order valence-corrected chi connectivity index (χ2v) is 6.94. The number of tetrazole rings is 1. The largest absolute Gasteiger partial charge is 0.293 e. The van der Waals surface area contributed by atoms with E-state index in [-0.39, 0.29) is 11.5 Å². The lowest BCUT2D eigenvalue weighted by molar-refractivity contribution is 0.102.